The lowest BCUT2D eigenvalue weighted by atomic mass is 9.91. The van der Waals surface area contributed by atoms with Crippen LogP contribution in [0.15, 0.2) is 61.3 Å². The van der Waals surface area contributed by atoms with Crippen LogP contribution < -0.4 is 4.74 Å². The number of hydrogen-bond donors (Lipinski definition) is 0. The molecule has 0 saturated carbocycles. The Morgan fingerprint density at radius 1 is 0.897 bits per heavy atom. The summed E-state index contributed by atoms with van der Waals surface area (Å²) in [5.41, 5.74) is 1.42. The highest BCUT2D eigenvalue weighted by Crippen LogP contribution is 2.32. The molecule has 0 N–H and O–H groups in total. The summed E-state index contributed by atoms with van der Waals surface area (Å²) in [5.74, 6) is 5.59. The van der Waals surface area contributed by atoms with E-state index in [1.807, 2.05) is 0 Å². The van der Waals surface area contributed by atoms with E-state index in [4.69, 9.17) is 4.74 Å². The van der Waals surface area contributed by atoms with Crippen molar-refractivity contribution in [2.24, 2.45) is 0 Å². The molecule has 1 aromatic carbocycles. The number of ether oxygens (including phenoxy) is 2. The predicted octanol–water partition coefficient (Wildman–Crippen LogP) is 4.35. The van der Waals surface area contributed by atoms with Gasteiger partial charge >= 0.3 is 6.36 Å². The molecule has 29 heavy (non-hydrogen) atoms. The Labute approximate surface area is 165 Å². The zero-order chi connectivity index (χ0) is 20.9. The molecule has 148 valence electrons. The fourth-order valence-corrected chi connectivity index (χ4v) is 2.84. The van der Waals surface area contributed by atoms with Crippen LogP contribution >= 0.6 is 0 Å². The highest BCUT2D eigenvalue weighted by molar-refractivity contribution is 5.63. The largest absolute Gasteiger partial charge is 0.573 e. The molecule has 0 radical (unpaired) electrons. The standard InChI is InChI=1S/C21H16F3N3O2/c1-3-10-20(28-2,17-12-25-14-26-13-17)19-9-6-16(11-27-19)15-4-7-18(8-5-15)29-21(22,23)24/h4-9,11-14H,1-2H3. The summed E-state index contributed by atoms with van der Waals surface area (Å²) in [6.45, 7) is 1.69. The first-order chi connectivity index (χ1) is 13.9. The molecule has 0 aliphatic heterocycles. The molecule has 0 spiro atoms. The van der Waals surface area contributed by atoms with Gasteiger partial charge in [0.15, 0.2) is 5.60 Å². The summed E-state index contributed by atoms with van der Waals surface area (Å²) in [5, 5.41) is 0. The van der Waals surface area contributed by atoms with Crippen LogP contribution in [0.5, 0.6) is 5.75 Å². The average Bonchev–Trinajstić information content (AvgIpc) is 2.72. The molecule has 3 rings (SSSR count). The van der Waals surface area contributed by atoms with Gasteiger partial charge in [-0.15, -0.1) is 19.1 Å². The van der Waals surface area contributed by atoms with Gasteiger partial charge < -0.3 is 9.47 Å². The van der Waals surface area contributed by atoms with Gasteiger partial charge in [0.05, 0.1) is 5.69 Å². The number of methoxy groups -OCH3 is 1. The zero-order valence-electron chi connectivity index (χ0n) is 15.6. The van der Waals surface area contributed by atoms with E-state index in [1.54, 1.807) is 37.6 Å². The van der Waals surface area contributed by atoms with Crippen LogP contribution in [0, 0.1) is 11.8 Å². The van der Waals surface area contributed by atoms with Crippen LogP contribution in [0.2, 0.25) is 0 Å². The number of benzene rings is 1. The van der Waals surface area contributed by atoms with Crippen LogP contribution in [-0.2, 0) is 10.3 Å². The number of pyridine rings is 1. The van der Waals surface area contributed by atoms with E-state index in [0.29, 0.717) is 22.4 Å². The summed E-state index contributed by atoms with van der Waals surface area (Å²) in [6, 6.07) is 9.09. The van der Waals surface area contributed by atoms with E-state index in [0.717, 1.165) is 0 Å². The minimum Gasteiger partial charge on any atom is -0.406 e. The third-order valence-corrected chi connectivity index (χ3v) is 4.12. The Hall–Kier alpha value is -3.44. The second-order valence-electron chi connectivity index (χ2n) is 5.89. The van der Waals surface area contributed by atoms with Gasteiger partial charge in [0, 0.05) is 36.8 Å². The molecule has 0 bridgehead atoms. The molecule has 0 fully saturated rings. The summed E-state index contributed by atoms with van der Waals surface area (Å²) in [4.78, 5) is 12.5. The van der Waals surface area contributed by atoms with E-state index in [2.05, 4.69) is 31.5 Å². The van der Waals surface area contributed by atoms with Crippen LogP contribution in [0.25, 0.3) is 11.1 Å². The Balaban J connectivity index is 1.93. The Morgan fingerprint density at radius 3 is 2.07 bits per heavy atom. The van der Waals surface area contributed by atoms with Crippen molar-refractivity contribution in [2.75, 3.05) is 7.11 Å². The fraction of sp³-hybridized carbons (Fsp3) is 0.190. The summed E-state index contributed by atoms with van der Waals surface area (Å²) in [7, 11) is 1.52. The molecule has 0 aliphatic rings. The number of alkyl halides is 3. The van der Waals surface area contributed by atoms with E-state index < -0.39 is 12.0 Å². The van der Waals surface area contributed by atoms with E-state index in [9.17, 15) is 13.2 Å². The summed E-state index contributed by atoms with van der Waals surface area (Å²) >= 11 is 0. The minimum atomic E-state index is -4.73. The van der Waals surface area contributed by atoms with Gasteiger partial charge in [-0.05, 0) is 30.7 Å². The van der Waals surface area contributed by atoms with Gasteiger partial charge in [0.25, 0.3) is 0 Å². The first-order valence-electron chi connectivity index (χ1n) is 8.45. The van der Waals surface area contributed by atoms with Crippen molar-refractivity contribution in [1.82, 2.24) is 15.0 Å². The van der Waals surface area contributed by atoms with Crippen molar-refractivity contribution in [3.63, 3.8) is 0 Å². The lowest BCUT2D eigenvalue weighted by Crippen LogP contribution is -2.29. The molecule has 2 aromatic heterocycles. The van der Waals surface area contributed by atoms with Gasteiger partial charge in [-0.25, -0.2) is 9.97 Å². The number of halogens is 3. The molecule has 0 amide bonds. The molecule has 8 heteroatoms. The van der Waals surface area contributed by atoms with Crippen molar-refractivity contribution < 1.29 is 22.6 Å². The smallest absolute Gasteiger partial charge is 0.406 e. The maximum Gasteiger partial charge on any atom is 0.573 e. The topological polar surface area (TPSA) is 57.1 Å². The van der Waals surface area contributed by atoms with Crippen LogP contribution in [0.4, 0.5) is 13.2 Å². The monoisotopic (exact) mass is 399 g/mol. The van der Waals surface area contributed by atoms with Crippen molar-refractivity contribution >= 4 is 0 Å². The van der Waals surface area contributed by atoms with Crippen LogP contribution in [0.1, 0.15) is 18.2 Å². The number of aromatic nitrogens is 3. The van der Waals surface area contributed by atoms with Gasteiger partial charge in [-0.2, -0.15) is 0 Å². The van der Waals surface area contributed by atoms with Crippen molar-refractivity contribution in [3.8, 4) is 28.7 Å². The van der Waals surface area contributed by atoms with Crippen LogP contribution in [-0.4, -0.2) is 28.4 Å². The van der Waals surface area contributed by atoms with Crippen LogP contribution in [0.3, 0.4) is 0 Å². The maximum absolute atomic E-state index is 12.3. The molecular formula is C21H16F3N3O2. The number of nitrogens with zero attached hydrogens (tertiary/aromatic N) is 3. The molecule has 3 aromatic rings. The SMILES string of the molecule is CC#CC(OC)(c1cncnc1)c1ccc(-c2ccc(OC(F)(F)F)cc2)cn1. The normalized spacial score (nSPS) is 13.1. The minimum absolute atomic E-state index is 0.286. The van der Waals surface area contributed by atoms with E-state index in [1.165, 1.54) is 37.7 Å². The summed E-state index contributed by atoms with van der Waals surface area (Å²) in [6.07, 6.45) is 1.50. The van der Waals surface area contributed by atoms with Gasteiger partial charge in [-0.3, -0.25) is 4.98 Å². The molecule has 2 heterocycles. The first kappa shape index (κ1) is 20.3. The third-order valence-electron chi connectivity index (χ3n) is 4.12. The predicted molar refractivity (Wildman–Crippen MR) is 99.6 cm³/mol. The fourth-order valence-electron chi connectivity index (χ4n) is 2.84. The molecule has 0 saturated heterocycles. The number of hydrogen-bond acceptors (Lipinski definition) is 5. The second-order valence-corrected chi connectivity index (χ2v) is 5.89. The Kier molecular flexibility index (Phi) is 5.80. The zero-order valence-corrected chi connectivity index (χ0v) is 15.6. The maximum atomic E-state index is 12.3. The average molecular weight is 399 g/mol. The van der Waals surface area contributed by atoms with Gasteiger partial charge in [-0.1, -0.05) is 24.1 Å². The summed E-state index contributed by atoms with van der Waals surface area (Å²) < 4.78 is 46.5. The van der Waals surface area contributed by atoms with Crippen molar-refractivity contribution in [2.45, 2.75) is 18.9 Å². The van der Waals surface area contributed by atoms with Crippen molar-refractivity contribution in [3.05, 3.63) is 72.6 Å². The van der Waals surface area contributed by atoms with Gasteiger partial charge in [0.2, 0.25) is 0 Å². The first-order valence-corrected chi connectivity index (χ1v) is 8.45. The van der Waals surface area contributed by atoms with E-state index in [-0.39, 0.29) is 5.75 Å². The second kappa shape index (κ2) is 8.29. The lowest BCUT2D eigenvalue weighted by Gasteiger charge is -2.26. The third kappa shape index (κ3) is 4.52. The van der Waals surface area contributed by atoms with E-state index >= 15 is 0 Å². The highest BCUT2D eigenvalue weighted by atomic mass is 19.4. The Bertz CT molecular complexity index is 1010. The molecular weight excluding hydrogens is 383 g/mol. The molecule has 1 unspecified atom stereocenters. The number of rotatable bonds is 5. The molecule has 5 nitrogen and oxygen atoms in total. The molecule has 0 aliphatic carbocycles. The molecule has 1 atom stereocenters. The van der Waals surface area contributed by atoms with Crippen molar-refractivity contribution in [1.29, 1.82) is 0 Å². The quantitative estimate of drug-likeness (QED) is 0.597. The Morgan fingerprint density at radius 2 is 1.55 bits per heavy atom. The highest BCUT2D eigenvalue weighted by Gasteiger charge is 2.35. The van der Waals surface area contributed by atoms with Gasteiger partial charge in [0.1, 0.15) is 12.1 Å². The lowest BCUT2D eigenvalue weighted by molar-refractivity contribution is -0.274.